The van der Waals surface area contributed by atoms with E-state index in [2.05, 4.69) is 37.2 Å². The summed E-state index contributed by atoms with van der Waals surface area (Å²) >= 11 is 12.5. The van der Waals surface area contributed by atoms with E-state index in [4.69, 9.17) is 12.2 Å². The van der Waals surface area contributed by atoms with Gasteiger partial charge in [-0.15, -0.1) is 0 Å². The van der Waals surface area contributed by atoms with Gasteiger partial charge in [0, 0.05) is 28.8 Å². The van der Waals surface area contributed by atoms with Gasteiger partial charge in [-0.1, -0.05) is 46.3 Å². The third-order valence-electron chi connectivity index (χ3n) is 4.09. The maximum absolute atomic E-state index is 10.5. The number of anilines is 1. The predicted octanol–water partition coefficient (Wildman–Crippen LogP) is 6.02. The molecule has 3 aromatic carbocycles. The maximum Gasteiger partial charge on any atom is 0.174 e. The summed E-state index contributed by atoms with van der Waals surface area (Å²) in [6.45, 7) is 0.923. The number of nitrogens with zero attached hydrogens (tertiary/aromatic N) is 1. The average Bonchev–Trinajstić information content (AvgIpc) is 2.67. The molecule has 0 aliphatic rings. The first-order chi connectivity index (χ1) is 13.4. The number of para-hydroxylation sites is 1. The van der Waals surface area contributed by atoms with E-state index in [-0.39, 0.29) is 11.5 Å². The molecule has 0 bridgehead atoms. The van der Waals surface area contributed by atoms with E-state index in [0.717, 1.165) is 21.3 Å². The number of rotatable bonds is 5. The SMILES string of the molecule is Oc1ccc(CN(Cc2cc(Br)cc(Br)c2O)C(=S)Nc2ccccc2)cc1. The van der Waals surface area contributed by atoms with Crippen molar-refractivity contribution in [2.75, 3.05) is 5.32 Å². The van der Waals surface area contributed by atoms with Crippen LogP contribution < -0.4 is 5.32 Å². The number of hydrogen-bond donors (Lipinski definition) is 3. The van der Waals surface area contributed by atoms with Gasteiger partial charge in [0.2, 0.25) is 0 Å². The first-order valence-electron chi connectivity index (χ1n) is 8.48. The lowest BCUT2D eigenvalue weighted by atomic mass is 10.1. The summed E-state index contributed by atoms with van der Waals surface area (Å²) in [6.07, 6.45) is 0. The topological polar surface area (TPSA) is 55.7 Å². The number of phenolic OH excluding ortho intramolecular Hbond substituents is 2. The number of halogens is 2. The van der Waals surface area contributed by atoms with Crippen molar-refractivity contribution >= 4 is 54.9 Å². The lowest BCUT2D eigenvalue weighted by molar-refractivity contribution is 0.393. The Labute approximate surface area is 186 Å². The second-order valence-corrected chi connectivity index (χ2v) is 8.37. The van der Waals surface area contributed by atoms with Gasteiger partial charge in [-0.05, 0) is 70.1 Å². The number of aromatic hydroxyl groups is 2. The van der Waals surface area contributed by atoms with Crippen LogP contribution in [-0.4, -0.2) is 20.2 Å². The molecule has 0 radical (unpaired) electrons. The van der Waals surface area contributed by atoms with Crippen LogP contribution in [-0.2, 0) is 13.1 Å². The van der Waals surface area contributed by atoms with Crippen LogP contribution in [0.1, 0.15) is 11.1 Å². The summed E-state index contributed by atoms with van der Waals surface area (Å²) < 4.78 is 1.47. The molecule has 144 valence electrons. The Morgan fingerprint density at radius 2 is 1.61 bits per heavy atom. The van der Waals surface area contributed by atoms with Gasteiger partial charge in [-0.2, -0.15) is 0 Å². The van der Waals surface area contributed by atoms with Gasteiger partial charge < -0.3 is 20.4 Å². The van der Waals surface area contributed by atoms with E-state index < -0.39 is 0 Å². The Morgan fingerprint density at radius 1 is 0.929 bits per heavy atom. The van der Waals surface area contributed by atoms with Crippen molar-refractivity contribution in [3.8, 4) is 11.5 Å². The molecule has 28 heavy (non-hydrogen) atoms. The number of hydrogen-bond acceptors (Lipinski definition) is 3. The fourth-order valence-electron chi connectivity index (χ4n) is 2.69. The van der Waals surface area contributed by atoms with Gasteiger partial charge in [0.1, 0.15) is 11.5 Å². The Hall–Kier alpha value is -2.09. The fraction of sp³-hybridized carbons (Fsp3) is 0.0952. The summed E-state index contributed by atoms with van der Waals surface area (Å²) in [5.41, 5.74) is 2.61. The zero-order valence-electron chi connectivity index (χ0n) is 14.8. The van der Waals surface area contributed by atoms with Gasteiger partial charge >= 0.3 is 0 Å². The van der Waals surface area contributed by atoms with Crippen molar-refractivity contribution < 1.29 is 10.2 Å². The zero-order valence-corrected chi connectivity index (χ0v) is 18.8. The molecular weight excluding hydrogens is 504 g/mol. The van der Waals surface area contributed by atoms with E-state index in [1.807, 2.05) is 53.4 Å². The molecule has 3 aromatic rings. The monoisotopic (exact) mass is 520 g/mol. The molecule has 0 saturated carbocycles. The second-order valence-electron chi connectivity index (χ2n) is 6.21. The van der Waals surface area contributed by atoms with Crippen LogP contribution >= 0.6 is 44.1 Å². The van der Waals surface area contributed by atoms with E-state index >= 15 is 0 Å². The quantitative estimate of drug-likeness (QED) is 0.358. The minimum absolute atomic E-state index is 0.182. The first-order valence-corrected chi connectivity index (χ1v) is 10.5. The first kappa shape index (κ1) is 20.6. The van der Waals surface area contributed by atoms with Crippen LogP contribution in [0.4, 0.5) is 5.69 Å². The number of thiocarbonyl (C=S) groups is 1. The summed E-state index contributed by atoms with van der Waals surface area (Å²) in [6, 6.07) is 20.4. The van der Waals surface area contributed by atoms with Crippen LogP contribution in [0.2, 0.25) is 0 Å². The molecule has 0 aromatic heterocycles. The van der Waals surface area contributed by atoms with E-state index in [1.54, 1.807) is 18.2 Å². The summed E-state index contributed by atoms with van der Waals surface area (Å²) in [7, 11) is 0. The lowest BCUT2D eigenvalue weighted by Gasteiger charge is -2.27. The van der Waals surface area contributed by atoms with E-state index in [0.29, 0.717) is 22.7 Å². The van der Waals surface area contributed by atoms with Crippen molar-refractivity contribution in [1.29, 1.82) is 0 Å². The maximum atomic E-state index is 10.5. The Bertz CT molecular complexity index is 966. The largest absolute Gasteiger partial charge is 0.508 e. The molecule has 7 heteroatoms. The number of benzene rings is 3. The molecule has 0 saturated heterocycles. The standard InChI is InChI=1S/C21H18Br2N2O2S/c22-16-10-15(20(27)19(23)11-16)13-25(12-14-6-8-18(26)9-7-14)21(28)24-17-4-2-1-3-5-17/h1-11,26-27H,12-13H2,(H,24,28). The molecule has 0 fully saturated rings. The van der Waals surface area contributed by atoms with Crippen LogP contribution in [0, 0.1) is 0 Å². The number of phenols is 2. The molecule has 3 rings (SSSR count). The molecule has 0 heterocycles. The number of nitrogens with one attached hydrogen (secondary N) is 1. The van der Waals surface area contributed by atoms with Gasteiger partial charge in [0.05, 0.1) is 4.47 Å². The van der Waals surface area contributed by atoms with Crippen LogP contribution in [0.3, 0.4) is 0 Å². The van der Waals surface area contributed by atoms with Crippen molar-refractivity contribution in [2.24, 2.45) is 0 Å². The van der Waals surface area contributed by atoms with Crippen molar-refractivity contribution in [3.63, 3.8) is 0 Å². The smallest absolute Gasteiger partial charge is 0.174 e. The molecule has 0 unspecified atom stereocenters. The molecular formula is C21H18Br2N2O2S. The average molecular weight is 522 g/mol. The Balaban J connectivity index is 1.87. The van der Waals surface area contributed by atoms with Crippen molar-refractivity contribution in [1.82, 2.24) is 4.90 Å². The Morgan fingerprint density at radius 3 is 2.29 bits per heavy atom. The highest BCUT2D eigenvalue weighted by Crippen LogP contribution is 2.33. The second kappa shape index (κ2) is 9.41. The van der Waals surface area contributed by atoms with Crippen LogP contribution in [0.15, 0.2) is 75.7 Å². The third kappa shape index (κ3) is 5.47. The molecule has 3 N–H and O–H groups in total. The summed E-state index contributed by atoms with van der Waals surface area (Å²) in [5.74, 6) is 0.398. The van der Waals surface area contributed by atoms with Gasteiger partial charge in [-0.25, -0.2) is 0 Å². The molecule has 0 spiro atoms. The minimum Gasteiger partial charge on any atom is -0.508 e. The van der Waals surface area contributed by atoms with Gasteiger partial charge in [0.15, 0.2) is 5.11 Å². The highest BCUT2D eigenvalue weighted by atomic mass is 79.9. The molecule has 4 nitrogen and oxygen atoms in total. The van der Waals surface area contributed by atoms with Crippen LogP contribution in [0.5, 0.6) is 11.5 Å². The van der Waals surface area contributed by atoms with Gasteiger partial charge in [0.25, 0.3) is 0 Å². The summed E-state index contributed by atoms with van der Waals surface area (Å²) in [4.78, 5) is 1.96. The lowest BCUT2D eigenvalue weighted by Crippen LogP contribution is -2.33. The zero-order chi connectivity index (χ0) is 20.1. The Kier molecular flexibility index (Phi) is 6.93. The van der Waals surface area contributed by atoms with Crippen molar-refractivity contribution in [2.45, 2.75) is 13.1 Å². The van der Waals surface area contributed by atoms with Crippen molar-refractivity contribution in [3.05, 3.63) is 86.8 Å². The van der Waals surface area contributed by atoms with E-state index in [1.165, 1.54) is 0 Å². The molecule has 0 aliphatic heterocycles. The highest BCUT2D eigenvalue weighted by Gasteiger charge is 2.16. The third-order valence-corrected chi connectivity index (χ3v) is 5.51. The van der Waals surface area contributed by atoms with E-state index in [9.17, 15) is 10.2 Å². The predicted molar refractivity (Wildman–Crippen MR) is 124 cm³/mol. The minimum atomic E-state index is 0.182. The fourth-order valence-corrected chi connectivity index (χ4v) is 4.25. The summed E-state index contributed by atoms with van der Waals surface area (Å²) in [5, 5.41) is 23.8. The molecule has 0 atom stereocenters. The van der Waals surface area contributed by atoms with Gasteiger partial charge in [-0.3, -0.25) is 0 Å². The molecule has 0 aliphatic carbocycles. The normalized spacial score (nSPS) is 10.5. The molecule has 0 amide bonds. The highest BCUT2D eigenvalue weighted by molar-refractivity contribution is 9.11. The van der Waals surface area contributed by atoms with Crippen LogP contribution in [0.25, 0.3) is 0 Å².